The van der Waals surface area contributed by atoms with Gasteiger partial charge in [0, 0.05) is 11.3 Å². The molecule has 2 aromatic rings. The zero-order chi connectivity index (χ0) is 20.8. The van der Waals surface area contributed by atoms with Crippen LogP contribution >= 0.6 is 11.8 Å². The van der Waals surface area contributed by atoms with Gasteiger partial charge in [0.05, 0.1) is 6.21 Å². The molecule has 0 unspecified atom stereocenters. The molecule has 0 atom stereocenters. The summed E-state index contributed by atoms with van der Waals surface area (Å²) < 4.78 is 20.3. The van der Waals surface area contributed by atoms with E-state index in [1.807, 2.05) is 30.3 Å². The van der Waals surface area contributed by atoms with Gasteiger partial charge in [-0.2, -0.15) is 5.10 Å². The Morgan fingerprint density at radius 3 is 2.50 bits per heavy atom. The van der Waals surface area contributed by atoms with Gasteiger partial charge in [-0.15, -0.1) is 5.10 Å². The maximum absolute atomic E-state index is 14.1. The van der Waals surface area contributed by atoms with E-state index in [1.165, 1.54) is 24.0 Å². The quantitative estimate of drug-likeness (QED) is 0.280. The number of halogens is 1. The van der Waals surface area contributed by atoms with Crippen molar-refractivity contribution in [3.05, 3.63) is 65.5 Å². The molecule has 2 aromatic carbocycles. The average molecular weight is 418 g/mol. The number of hydrogen-bond acceptors (Lipinski definition) is 4. The van der Waals surface area contributed by atoms with Gasteiger partial charge in [0.15, 0.2) is 5.17 Å². The Hall–Kier alpha value is -2.12. The van der Waals surface area contributed by atoms with E-state index in [-0.39, 0.29) is 10.9 Å². The molecule has 2 N–H and O–H groups in total. The van der Waals surface area contributed by atoms with Crippen molar-refractivity contribution in [3.8, 4) is 5.75 Å². The van der Waals surface area contributed by atoms with E-state index >= 15 is 0 Å². The Kier molecular flexibility index (Phi) is 7.43. The minimum absolute atomic E-state index is 0.0599. The predicted octanol–water partition coefficient (Wildman–Crippen LogP) is 5.79. The molecule has 0 aliphatic rings. The Labute approximate surface area is 172 Å². The van der Waals surface area contributed by atoms with E-state index in [9.17, 15) is 4.39 Å². The highest BCUT2D eigenvalue weighted by molar-refractivity contribution is 8.13. The first-order valence-corrected chi connectivity index (χ1v) is 13.0. The second-order valence-electron chi connectivity index (χ2n) is 8.00. The summed E-state index contributed by atoms with van der Waals surface area (Å²) in [6.45, 7) is 10.8. The molecule has 2 rings (SSSR count). The second-order valence-corrected chi connectivity index (χ2v) is 13.7. The zero-order valence-electron chi connectivity index (χ0n) is 17.1. The van der Waals surface area contributed by atoms with Crippen LogP contribution in [0.15, 0.2) is 58.7 Å². The summed E-state index contributed by atoms with van der Waals surface area (Å²) in [4.78, 5) is 0. The standard InChI is InChI=1S/C21H28FN3OSSi/c1-21(2,3)28(4,5)26-18-11-12-19(22)17(13-18)14-24-25-20(23)27-15-16-9-7-6-8-10-16/h6-14H,15H2,1-5H3,(H2,23,25). The summed E-state index contributed by atoms with van der Waals surface area (Å²) in [6.07, 6.45) is 1.36. The van der Waals surface area contributed by atoms with Gasteiger partial charge in [0.25, 0.3) is 0 Å². The maximum atomic E-state index is 14.1. The summed E-state index contributed by atoms with van der Waals surface area (Å²) in [5.74, 6) is 0.970. The zero-order valence-corrected chi connectivity index (χ0v) is 18.9. The lowest BCUT2D eigenvalue weighted by molar-refractivity contribution is 0.490. The van der Waals surface area contributed by atoms with Crippen molar-refractivity contribution < 1.29 is 8.82 Å². The van der Waals surface area contributed by atoms with Gasteiger partial charge in [-0.25, -0.2) is 4.39 Å². The van der Waals surface area contributed by atoms with Crippen molar-refractivity contribution in [2.75, 3.05) is 0 Å². The SMILES string of the molecule is CC(C)(C)[Si](C)(C)Oc1ccc(F)c(C=NN=C(N)SCc2ccccc2)c1. The van der Waals surface area contributed by atoms with Crippen LogP contribution in [0, 0.1) is 5.82 Å². The highest BCUT2D eigenvalue weighted by atomic mass is 32.2. The van der Waals surface area contributed by atoms with Gasteiger partial charge in [0.2, 0.25) is 8.32 Å². The van der Waals surface area contributed by atoms with E-state index in [2.05, 4.69) is 44.1 Å². The van der Waals surface area contributed by atoms with Crippen LogP contribution in [0.1, 0.15) is 31.9 Å². The predicted molar refractivity (Wildman–Crippen MR) is 121 cm³/mol. The largest absolute Gasteiger partial charge is 0.543 e. The molecule has 150 valence electrons. The average Bonchev–Trinajstić information content (AvgIpc) is 2.62. The van der Waals surface area contributed by atoms with Crippen LogP contribution in [0.25, 0.3) is 0 Å². The van der Waals surface area contributed by atoms with Crippen LogP contribution in [0.2, 0.25) is 18.1 Å². The summed E-state index contributed by atoms with van der Waals surface area (Å²) in [7, 11) is -2.00. The van der Waals surface area contributed by atoms with Crippen LogP contribution in [0.5, 0.6) is 5.75 Å². The lowest BCUT2D eigenvalue weighted by Gasteiger charge is -2.36. The van der Waals surface area contributed by atoms with Crippen LogP contribution in [-0.4, -0.2) is 19.7 Å². The van der Waals surface area contributed by atoms with E-state index in [1.54, 1.807) is 12.1 Å². The number of thioether (sulfide) groups is 1. The molecule has 4 nitrogen and oxygen atoms in total. The summed E-state index contributed by atoms with van der Waals surface area (Å²) in [5.41, 5.74) is 7.34. The minimum atomic E-state index is -2.00. The first-order chi connectivity index (χ1) is 13.1. The Balaban J connectivity index is 2.04. The van der Waals surface area contributed by atoms with Crippen LogP contribution in [-0.2, 0) is 5.75 Å². The van der Waals surface area contributed by atoms with Crippen LogP contribution in [0.3, 0.4) is 0 Å². The van der Waals surface area contributed by atoms with E-state index in [0.29, 0.717) is 22.2 Å². The fraction of sp³-hybridized carbons (Fsp3) is 0.333. The third-order valence-electron chi connectivity index (χ3n) is 4.73. The van der Waals surface area contributed by atoms with Crippen LogP contribution in [0.4, 0.5) is 4.39 Å². The molecule has 0 amide bonds. The van der Waals surface area contributed by atoms with Gasteiger partial charge in [-0.1, -0.05) is 62.9 Å². The summed E-state index contributed by atoms with van der Waals surface area (Å²) in [5, 5.41) is 8.27. The van der Waals surface area contributed by atoms with Crippen molar-refractivity contribution in [1.29, 1.82) is 0 Å². The molecule has 0 heterocycles. The molecule has 0 bridgehead atoms. The topological polar surface area (TPSA) is 60.0 Å². The van der Waals surface area contributed by atoms with Gasteiger partial charge in [-0.05, 0) is 41.9 Å². The third-order valence-corrected chi connectivity index (χ3v) is 9.94. The van der Waals surface area contributed by atoms with Gasteiger partial charge in [-0.3, -0.25) is 0 Å². The van der Waals surface area contributed by atoms with Gasteiger partial charge < -0.3 is 10.2 Å². The van der Waals surface area contributed by atoms with Crippen molar-refractivity contribution in [1.82, 2.24) is 0 Å². The second kappa shape index (κ2) is 9.38. The maximum Gasteiger partial charge on any atom is 0.250 e. The smallest absolute Gasteiger partial charge is 0.250 e. The van der Waals surface area contributed by atoms with Crippen molar-refractivity contribution in [2.45, 2.75) is 44.7 Å². The first-order valence-electron chi connectivity index (χ1n) is 9.10. The van der Waals surface area contributed by atoms with E-state index in [0.717, 1.165) is 5.56 Å². The van der Waals surface area contributed by atoms with Crippen LogP contribution < -0.4 is 10.2 Å². The summed E-state index contributed by atoms with van der Waals surface area (Å²) in [6, 6.07) is 14.7. The Bertz CT molecular complexity index is 848. The molecule has 0 aromatic heterocycles. The lowest BCUT2D eigenvalue weighted by atomic mass is 10.2. The Morgan fingerprint density at radius 2 is 1.86 bits per heavy atom. The molecule has 28 heavy (non-hydrogen) atoms. The molecule has 0 saturated carbocycles. The van der Waals surface area contributed by atoms with Crippen molar-refractivity contribution in [3.63, 3.8) is 0 Å². The number of hydrogen-bond donors (Lipinski definition) is 1. The van der Waals surface area contributed by atoms with Gasteiger partial charge >= 0.3 is 0 Å². The number of benzene rings is 2. The molecule has 0 fully saturated rings. The molecule has 0 aliphatic heterocycles. The van der Waals surface area contributed by atoms with E-state index < -0.39 is 8.32 Å². The van der Waals surface area contributed by atoms with Crippen molar-refractivity contribution >= 4 is 31.5 Å². The fourth-order valence-corrected chi connectivity index (χ4v) is 3.67. The monoisotopic (exact) mass is 417 g/mol. The minimum Gasteiger partial charge on any atom is -0.543 e. The molecule has 0 aliphatic carbocycles. The number of nitrogens with zero attached hydrogens (tertiary/aromatic N) is 2. The highest BCUT2D eigenvalue weighted by Gasteiger charge is 2.39. The normalized spacial score (nSPS) is 13.1. The first kappa shape index (κ1) is 22.2. The number of amidine groups is 1. The fourth-order valence-electron chi connectivity index (χ4n) is 2.04. The molecular formula is C21H28FN3OSSi. The van der Waals surface area contributed by atoms with E-state index in [4.69, 9.17) is 10.2 Å². The molecule has 0 saturated heterocycles. The summed E-state index contributed by atoms with van der Waals surface area (Å²) >= 11 is 1.38. The molecular weight excluding hydrogens is 389 g/mol. The highest BCUT2D eigenvalue weighted by Crippen LogP contribution is 2.37. The lowest BCUT2D eigenvalue weighted by Crippen LogP contribution is -2.43. The molecule has 7 heteroatoms. The molecule has 0 radical (unpaired) electrons. The Morgan fingerprint density at radius 1 is 1.18 bits per heavy atom. The third kappa shape index (κ3) is 6.49. The molecule has 0 spiro atoms. The number of rotatable bonds is 6. The number of nitrogens with two attached hydrogens (primary N) is 1. The van der Waals surface area contributed by atoms with Gasteiger partial charge in [0.1, 0.15) is 11.6 Å². The van der Waals surface area contributed by atoms with Crippen molar-refractivity contribution in [2.24, 2.45) is 15.9 Å².